The highest BCUT2D eigenvalue weighted by Crippen LogP contribution is 2.23. The number of carbonyl (C=O) groups excluding carboxylic acids is 1. The Balaban J connectivity index is 1.57. The summed E-state index contributed by atoms with van der Waals surface area (Å²) in [5.74, 6) is 1.37. The second kappa shape index (κ2) is 8.32. The first-order valence-corrected chi connectivity index (χ1v) is 9.42. The number of amides is 1. The van der Waals surface area contributed by atoms with Crippen LogP contribution in [0.25, 0.3) is 11.3 Å². The van der Waals surface area contributed by atoms with Gasteiger partial charge in [0.05, 0.1) is 12.7 Å². The van der Waals surface area contributed by atoms with Crippen molar-refractivity contribution in [1.29, 1.82) is 0 Å². The molecule has 0 N–H and O–H groups in total. The van der Waals surface area contributed by atoms with Gasteiger partial charge in [0.25, 0.3) is 0 Å². The van der Waals surface area contributed by atoms with E-state index in [2.05, 4.69) is 4.98 Å². The van der Waals surface area contributed by atoms with Crippen molar-refractivity contribution in [2.45, 2.75) is 26.3 Å². The summed E-state index contributed by atoms with van der Waals surface area (Å²) in [5.41, 5.74) is 0.919. The van der Waals surface area contributed by atoms with E-state index < -0.39 is 0 Å². The molecule has 0 bridgehead atoms. The molecule has 130 valence electrons. The fourth-order valence-corrected chi connectivity index (χ4v) is 3.36. The molecule has 0 aliphatic heterocycles. The lowest BCUT2D eigenvalue weighted by Crippen LogP contribution is -2.30. The lowest BCUT2D eigenvalue weighted by molar-refractivity contribution is -0.131. The maximum atomic E-state index is 12.4. The maximum Gasteiger partial charge on any atom is 0.223 e. The van der Waals surface area contributed by atoms with Crippen LogP contribution in [0.4, 0.5) is 0 Å². The van der Waals surface area contributed by atoms with Gasteiger partial charge < -0.3 is 9.32 Å². The Bertz CT molecular complexity index is 812. The molecule has 0 atom stereocenters. The third-order valence-corrected chi connectivity index (χ3v) is 5.01. The van der Waals surface area contributed by atoms with Gasteiger partial charge in [0, 0.05) is 34.8 Å². The van der Waals surface area contributed by atoms with Crippen LogP contribution in [0.2, 0.25) is 5.02 Å². The van der Waals surface area contributed by atoms with Crippen molar-refractivity contribution >= 4 is 28.8 Å². The number of aromatic nitrogens is 1. The molecule has 1 aromatic carbocycles. The van der Waals surface area contributed by atoms with Crippen molar-refractivity contribution in [1.82, 2.24) is 9.88 Å². The van der Waals surface area contributed by atoms with Gasteiger partial charge in [-0.3, -0.25) is 4.79 Å². The fraction of sp³-hybridized carbons (Fsp3) is 0.263. The van der Waals surface area contributed by atoms with E-state index in [0.717, 1.165) is 5.56 Å². The minimum Gasteiger partial charge on any atom is -0.441 e. The SMILES string of the molecule is CCN(Cc1cccs1)C(=O)CCc1ncc(-c2ccc(Cl)cc2)o1. The number of rotatable bonds is 7. The van der Waals surface area contributed by atoms with Crippen LogP contribution in [0.15, 0.2) is 52.4 Å². The summed E-state index contributed by atoms with van der Waals surface area (Å²) in [5, 5.41) is 2.71. The van der Waals surface area contributed by atoms with Gasteiger partial charge >= 0.3 is 0 Å². The lowest BCUT2D eigenvalue weighted by atomic mass is 10.2. The summed E-state index contributed by atoms with van der Waals surface area (Å²) in [6, 6.07) is 11.4. The van der Waals surface area contributed by atoms with Crippen LogP contribution in [-0.4, -0.2) is 22.3 Å². The Hall–Kier alpha value is -2.11. The summed E-state index contributed by atoms with van der Waals surface area (Å²) in [6.07, 6.45) is 2.57. The van der Waals surface area contributed by atoms with Crippen LogP contribution < -0.4 is 0 Å². The average molecular weight is 375 g/mol. The first-order valence-electron chi connectivity index (χ1n) is 8.16. The van der Waals surface area contributed by atoms with Crippen molar-refractivity contribution < 1.29 is 9.21 Å². The Morgan fingerprint density at radius 1 is 1.28 bits per heavy atom. The first kappa shape index (κ1) is 17.7. The van der Waals surface area contributed by atoms with E-state index in [9.17, 15) is 4.79 Å². The average Bonchev–Trinajstić information content (AvgIpc) is 3.30. The Kier molecular flexibility index (Phi) is 5.89. The van der Waals surface area contributed by atoms with Crippen LogP contribution in [0, 0.1) is 0 Å². The number of thiophene rings is 1. The number of benzene rings is 1. The standard InChI is InChI=1S/C19H19ClN2O2S/c1-2-22(13-16-4-3-11-25-16)19(23)10-9-18-21-12-17(24-18)14-5-7-15(20)8-6-14/h3-8,11-12H,2,9-10,13H2,1H3. The Morgan fingerprint density at radius 2 is 2.08 bits per heavy atom. The van der Waals surface area contributed by atoms with Gasteiger partial charge in [-0.2, -0.15) is 0 Å². The van der Waals surface area contributed by atoms with E-state index >= 15 is 0 Å². The molecule has 0 spiro atoms. The van der Waals surface area contributed by atoms with Crippen molar-refractivity contribution in [2.75, 3.05) is 6.54 Å². The molecular formula is C19H19ClN2O2S. The molecule has 0 saturated carbocycles. The molecule has 0 saturated heterocycles. The molecule has 3 aromatic rings. The topological polar surface area (TPSA) is 46.3 Å². The van der Waals surface area contributed by atoms with Crippen LogP contribution in [-0.2, 0) is 17.8 Å². The molecule has 25 heavy (non-hydrogen) atoms. The van der Waals surface area contributed by atoms with Crippen molar-refractivity contribution in [3.8, 4) is 11.3 Å². The van der Waals surface area contributed by atoms with Crippen LogP contribution in [0.3, 0.4) is 0 Å². The second-order valence-electron chi connectivity index (χ2n) is 5.61. The van der Waals surface area contributed by atoms with Crippen LogP contribution >= 0.6 is 22.9 Å². The summed E-state index contributed by atoms with van der Waals surface area (Å²) >= 11 is 7.56. The number of oxazole rings is 1. The normalized spacial score (nSPS) is 10.8. The zero-order chi connectivity index (χ0) is 17.6. The number of halogens is 1. The number of nitrogens with zero attached hydrogens (tertiary/aromatic N) is 2. The number of hydrogen-bond donors (Lipinski definition) is 0. The van der Waals surface area contributed by atoms with E-state index in [1.54, 1.807) is 17.5 Å². The quantitative estimate of drug-likeness (QED) is 0.582. The Morgan fingerprint density at radius 3 is 2.76 bits per heavy atom. The minimum absolute atomic E-state index is 0.113. The van der Waals surface area contributed by atoms with E-state index in [1.165, 1.54) is 4.88 Å². The van der Waals surface area contributed by atoms with Gasteiger partial charge in [-0.1, -0.05) is 17.7 Å². The van der Waals surface area contributed by atoms with Crippen molar-refractivity contribution in [2.24, 2.45) is 0 Å². The van der Waals surface area contributed by atoms with Crippen molar-refractivity contribution in [3.05, 3.63) is 63.8 Å². The van der Waals surface area contributed by atoms with E-state index in [-0.39, 0.29) is 5.91 Å². The highest BCUT2D eigenvalue weighted by molar-refractivity contribution is 7.09. The zero-order valence-corrected chi connectivity index (χ0v) is 15.5. The molecule has 4 nitrogen and oxygen atoms in total. The van der Waals surface area contributed by atoms with Gasteiger partial charge in [0.2, 0.25) is 5.91 Å². The van der Waals surface area contributed by atoms with Gasteiger partial charge in [0.1, 0.15) is 0 Å². The molecule has 6 heteroatoms. The molecule has 2 aromatic heterocycles. The molecule has 0 aliphatic rings. The largest absolute Gasteiger partial charge is 0.441 e. The predicted octanol–water partition coefficient (Wildman–Crippen LogP) is 5.04. The summed E-state index contributed by atoms with van der Waals surface area (Å²) in [6.45, 7) is 3.35. The minimum atomic E-state index is 0.113. The van der Waals surface area contributed by atoms with Crippen molar-refractivity contribution in [3.63, 3.8) is 0 Å². The van der Waals surface area contributed by atoms with E-state index in [4.69, 9.17) is 16.0 Å². The molecule has 2 heterocycles. The molecule has 0 radical (unpaired) electrons. The van der Waals surface area contributed by atoms with Gasteiger partial charge in [-0.25, -0.2) is 4.98 Å². The zero-order valence-electron chi connectivity index (χ0n) is 13.9. The Labute approximate surface area is 156 Å². The van der Waals surface area contributed by atoms with Crippen LogP contribution in [0.5, 0.6) is 0 Å². The molecule has 0 aliphatic carbocycles. The molecular weight excluding hydrogens is 356 g/mol. The summed E-state index contributed by atoms with van der Waals surface area (Å²) < 4.78 is 5.76. The fourth-order valence-electron chi connectivity index (χ4n) is 2.51. The van der Waals surface area contributed by atoms with Gasteiger partial charge in [-0.05, 0) is 42.6 Å². The second-order valence-corrected chi connectivity index (χ2v) is 7.08. The summed E-state index contributed by atoms with van der Waals surface area (Å²) in [4.78, 5) is 19.8. The number of carbonyl (C=O) groups is 1. The van der Waals surface area contributed by atoms with Crippen LogP contribution in [0.1, 0.15) is 24.1 Å². The summed E-state index contributed by atoms with van der Waals surface area (Å²) in [7, 11) is 0. The number of aryl methyl sites for hydroxylation is 1. The predicted molar refractivity (Wildman–Crippen MR) is 101 cm³/mol. The smallest absolute Gasteiger partial charge is 0.223 e. The van der Waals surface area contributed by atoms with E-state index in [0.29, 0.717) is 42.6 Å². The molecule has 1 amide bonds. The maximum absolute atomic E-state index is 12.4. The lowest BCUT2D eigenvalue weighted by Gasteiger charge is -2.19. The molecule has 0 unspecified atom stereocenters. The molecule has 0 fully saturated rings. The molecule has 3 rings (SSSR count). The third-order valence-electron chi connectivity index (χ3n) is 3.90. The van der Waals surface area contributed by atoms with Gasteiger partial charge in [-0.15, -0.1) is 11.3 Å². The monoisotopic (exact) mass is 374 g/mol. The van der Waals surface area contributed by atoms with E-state index in [1.807, 2.05) is 53.6 Å². The van der Waals surface area contributed by atoms with Gasteiger partial charge in [0.15, 0.2) is 11.7 Å². The first-order chi connectivity index (χ1) is 12.2. The third kappa shape index (κ3) is 4.71. The highest BCUT2D eigenvalue weighted by Gasteiger charge is 2.14. The highest BCUT2D eigenvalue weighted by atomic mass is 35.5. The number of hydrogen-bond acceptors (Lipinski definition) is 4.